The Morgan fingerprint density at radius 1 is 0.912 bits per heavy atom. The number of anilines is 1. The number of rotatable bonds is 6. The number of hydrogen-bond donors (Lipinski definition) is 1. The van der Waals surface area contributed by atoms with E-state index < -0.39 is 15.9 Å². The Balaban J connectivity index is 1.41. The van der Waals surface area contributed by atoms with Gasteiger partial charge >= 0.3 is 0 Å². The molecule has 0 aromatic heterocycles. The molecule has 2 aromatic rings. The number of nitrogens with one attached hydrogen (secondary N) is 1. The Labute approximate surface area is 201 Å². The average molecular weight is 485 g/mol. The van der Waals surface area contributed by atoms with E-state index in [4.69, 9.17) is 4.74 Å². The van der Waals surface area contributed by atoms with Crippen LogP contribution in [0.3, 0.4) is 0 Å². The molecule has 8 nitrogen and oxygen atoms in total. The van der Waals surface area contributed by atoms with Gasteiger partial charge in [0.05, 0.1) is 23.8 Å². The molecule has 0 aliphatic carbocycles. The number of ether oxygens (including phenoxy) is 1. The highest BCUT2D eigenvalue weighted by Crippen LogP contribution is 2.21. The van der Waals surface area contributed by atoms with Crippen LogP contribution in [0, 0.1) is 0 Å². The molecule has 0 bridgehead atoms. The van der Waals surface area contributed by atoms with Crippen molar-refractivity contribution in [2.24, 2.45) is 5.10 Å². The van der Waals surface area contributed by atoms with Gasteiger partial charge in [0.1, 0.15) is 0 Å². The van der Waals surface area contributed by atoms with Gasteiger partial charge in [-0.3, -0.25) is 4.79 Å². The fraction of sp³-hybridized carbons (Fsp3) is 0.440. The van der Waals surface area contributed by atoms with Gasteiger partial charge in [0.15, 0.2) is 0 Å². The van der Waals surface area contributed by atoms with Gasteiger partial charge < -0.3 is 9.64 Å². The predicted molar refractivity (Wildman–Crippen MR) is 133 cm³/mol. The quantitative estimate of drug-likeness (QED) is 0.502. The van der Waals surface area contributed by atoms with Crippen molar-refractivity contribution in [1.29, 1.82) is 0 Å². The molecule has 9 heteroatoms. The van der Waals surface area contributed by atoms with E-state index in [1.54, 1.807) is 12.1 Å². The van der Waals surface area contributed by atoms with Crippen molar-refractivity contribution >= 4 is 27.3 Å². The van der Waals surface area contributed by atoms with E-state index in [1.165, 1.54) is 47.8 Å². The van der Waals surface area contributed by atoms with Crippen molar-refractivity contribution in [1.82, 2.24) is 9.73 Å². The largest absolute Gasteiger partial charge is 0.379 e. The Bertz CT molecular complexity index is 1120. The van der Waals surface area contributed by atoms with Crippen LogP contribution in [0.2, 0.25) is 0 Å². The molecule has 2 saturated heterocycles. The first-order valence-corrected chi connectivity index (χ1v) is 13.3. The molecule has 2 aliphatic heterocycles. The maximum Gasteiger partial charge on any atom is 0.271 e. The monoisotopic (exact) mass is 484 g/mol. The highest BCUT2D eigenvalue weighted by molar-refractivity contribution is 7.89. The van der Waals surface area contributed by atoms with Crippen molar-refractivity contribution in [2.75, 3.05) is 44.3 Å². The topological polar surface area (TPSA) is 91.3 Å². The van der Waals surface area contributed by atoms with E-state index in [-0.39, 0.29) is 10.5 Å². The number of hydrogen-bond acceptors (Lipinski definition) is 6. The molecule has 34 heavy (non-hydrogen) atoms. The van der Waals surface area contributed by atoms with Crippen molar-refractivity contribution in [3.8, 4) is 0 Å². The summed E-state index contributed by atoms with van der Waals surface area (Å²) >= 11 is 0. The van der Waals surface area contributed by atoms with Gasteiger partial charge in [0, 0.05) is 37.4 Å². The Morgan fingerprint density at radius 2 is 1.59 bits per heavy atom. The molecule has 2 heterocycles. The normalized spacial score (nSPS) is 18.4. The van der Waals surface area contributed by atoms with Gasteiger partial charge in [0.25, 0.3) is 5.91 Å². The molecule has 2 fully saturated rings. The lowest BCUT2D eigenvalue weighted by Gasteiger charge is -2.26. The second kappa shape index (κ2) is 11.1. The number of carbonyl (C=O) groups excluding carboxylic acids is 1. The molecular formula is C25H32N4O4S. The molecule has 0 unspecified atom stereocenters. The number of carbonyl (C=O) groups is 1. The fourth-order valence-electron chi connectivity index (χ4n) is 4.24. The molecular weight excluding hydrogens is 452 g/mol. The van der Waals surface area contributed by atoms with Crippen LogP contribution in [0.4, 0.5) is 5.69 Å². The summed E-state index contributed by atoms with van der Waals surface area (Å²) in [7, 11) is -3.67. The number of hydrazone groups is 1. The van der Waals surface area contributed by atoms with E-state index in [1.807, 2.05) is 19.1 Å². The SMILES string of the molecule is CC(=NNC(=O)c1cccc(S(=O)(=O)N2CCOCC2)c1)c1ccc(N2CCCCCC2)cc1. The first-order valence-electron chi connectivity index (χ1n) is 11.8. The number of sulfonamides is 1. The zero-order valence-corrected chi connectivity index (χ0v) is 20.4. The maximum atomic E-state index is 12.9. The van der Waals surface area contributed by atoms with Gasteiger partial charge in [-0.2, -0.15) is 9.41 Å². The van der Waals surface area contributed by atoms with Crippen LogP contribution in [0.15, 0.2) is 58.5 Å². The molecule has 0 saturated carbocycles. The summed E-state index contributed by atoms with van der Waals surface area (Å²) in [6, 6.07) is 14.3. The second-order valence-corrected chi connectivity index (χ2v) is 10.6. The molecule has 0 atom stereocenters. The van der Waals surface area contributed by atoms with Gasteiger partial charge in [0.2, 0.25) is 10.0 Å². The third kappa shape index (κ3) is 5.84. The average Bonchev–Trinajstić information content (AvgIpc) is 3.17. The Hall–Kier alpha value is -2.75. The Morgan fingerprint density at radius 3 is 2.26 bits per heavy atom. The van der Waals surface area contributed by atoms with Crippen molar-refractivity contribution in [3.05, 3.63) is 59.7 Å². The molecule has 1 amide bonds. The zero-order valence-electron chi connectivity index (χ0n) is 19.6. The highest BCUT2D eigenvalue weighted by Gasteiger charge is 2.26. The van der Waals surface area contributed by atoms with Crippen LogP contribution in [-0.4, -0.2) is 63.7 Å². The molecule has 4 rings (SSSR count). The minimum atomic E-state index is -3.67. The molecule has 2 aromatic carbocycles. The summed E-state index contributed by atoms with van der Waals surface area (Å²) in [6.45, 7) is 5.35. The summed E-state index contributed by atoms with van der Waals surface area (Å²) in [5.41, 5.74) is 5.59. The van der Waals surface area contributed by atoms with Crippen LogP contribution < -0.4 is 10.3 Å². The molecule has 0 radical (unpaired) electrons. The smallest absolute Gasteiger partial charge is 0.271 e. The molecule has 2 aliphatic rings. The summed E-state index contributed by atoms with van der Waals surface area (Å²) in [5.74, 6) is -0.459. The van der Waals surface area contributed by atoms with Gasteiger partial charge in [-0.15, -0.1) is 0 Å². The Kier molecular flexibility index (Phi) is 7.97. The molecule has 1 N–H and O–H groups in total. The van der Waals surface area contributed by atoms with Gasteiger partial charge in [-0.25, -0.2) is 13.8 Å². The van der Waals surface area contributed by atoms with Crippen molar-refractivity contribution in [2.45, 2.75) is 37.5 Å². The maximum absolute atomic E-state index is 12.9. The lowest BCUT2D eigenvalue weighted by Crippen LogP contribution is -2.40. The fourth-order valence-corrected chi connectivity index (χ4v) is 5.69. The molecule has 182 valence electrons. The van der Waals surface area contributed by atoms with E-state index >= 15 is 0 Å². The van der Waals surface area contributed by atoms with Crippen LogP contribution in [0.1, 0.15) is 48.5 Å². The minimum absolute atomic E-state index is 0.0897. The summed E-state index contributed by atoms with van der Waals surface area (Å²) in [6.07, 6.45) is 5.04. The summed E-state index contributed by atoms with van der Waals surface area (Å²) in [4.78, 5) is 15.2. The zero-order chi connectivity index (χ0) is 24.0. The van der Waals surface area contributed by atoms with Gasteiger partial charge in [-0.05, 0) is 55.7 Å². The summed E-state index contributed by atoms with van der Waals surface area (Å²) < 4.78 is 32.4. The van der Waals surface area contributed by atoms with Crippen LogP contribution in [-0.2, 0) is 14.8 Å². The van der Waals surface area contributed by atoms with Crippen LogP contribution in [0.25, 0.3) is 0 Å². The molecule has 0 spiro atoms. The summed E-state index contributed by atoms with van der Waals surface area (Å²) in [5, 5.41) is 4.24. The van der Waals surface area contributed by atoms with Crippen molar-refractivity contribution < 1.29 is 17.9 Å². The van der Waals surface area contributed by atoms with Crippen LogP contribution in [0.5, 0.6) is 0 Å². The second-order valence-electron chi connectivity index (χ2n) is 8.63. The van der Waals surface area contributed by atoms with E-state index in [9.17, 15) is 13.2 Å². The number of morpholine rings is 1. The van der Waals surface area contributed by atoms with E-state index in [2.05, 4.69) is 27.6 Å². The third-order valence-corrected chi connectivity index (χ3v) is 8.18. The lowest BCUT2D eigenvalue weighted by molar-refractivity contribution is 0.0730. The number of nitrogens with zero attached hydrogens (tertiary/aromatic N) is 3. The third-order valence-electron chi connectivity index (χ3n) is 6.29. The highest BCUT2D eigenvalue weighted by atomic mass is 32.2. The van der Waals surface area contributed by atoms with Gasteiger partial charge in [-0.1, -0.05) is 31.0 Å². The van der Waals surface area contributed by atoms with Crippen molar-refractivity contribution in [3.63, 3.8) is 0 Å². The van der Waals surface area contributed by atoms with E-state index in [0.29, 0.717) is 32.0 Å². The van der Waals surface area contributed by atoms with Crippen LogP contribution >= 0.6 is 0 Å². The number of amides is 1. The van der Waals surface area contributed by atoms with E-state index in [0.717, 1.165) is 18.7 Å². The minimum Gasteiger partial charge on any atom is -0.379 e. The first-order chi connectivity index (χ1) is 16.4. The first kappa shape index (κ1) is 24.4. The predicted octanol–water partition coefficient (Wildman–Crippen LogP) is 3.24. The lowest BCUT2D eigenvalue weighted by atomic mass is 10.1. The standard InChI is InChI=1S/C25H32N4O4S/c1-20(21-9-11-23(12-10-21)28-13-4-2-3-5-14-28)26-27-25(30)22-7-6-8-24(19-22)34(31,32)29-15-17-33-18-16-29/h6-12,19H,2-5,13-18H2,1H3,(H,27,30). The number of benzene rings is 2.